The zero-order chi connectivity index (χ0) is 27.3. The summed E-state index contributed by atoms with van der Waals surface area (Å²) in [6, 6.07) is 17.1. The quantitative estimate of drug-likeness (QED) is 0.364. The molecular formula is C30H27N7O2. The minimum atomic E-state index is -0.188. The van der Waals surface area contributed by atoms with Crippen LogP contribution >= 0.6 is 0 Å². The van der Waals surface area contributed by atoms with Gasteiger partial charge in [0, 0.05) is 54.6 Å². The predicted octanol–water partition coefficient (Wildman–Crippen LogP) is 4.48. The third kappa shape index (κ3) is 4.27. The number of imidazole rings is 1. The van der Waals surface area contributed by atoms with Crippen LogP contribution in [-0.2, 0) is 14.1 Å². The standard InChI is InChI=1S/C30H27N7O2/c1-18(2)34-29(38)19-5-9-23(10-6-19)37-28-24-13-20(7-12-26(24)32-16-27(28)36(4)30(37)39)21-8-11-25(31-14-21)22-15-33-35(3)17-22/h5-18H,1-4H3,(H,34,38). The monoisotopic (exact) mass is 517 g/mol. The third-order valence-corrected chi connectivity index (χ3v) is 6.79. The van der Waals surface area contributed by atoms with Crippen LogP contribution in [0.15, 0.2) is 84.2 Å². The molecule has 6 rings (SSSR count). The molecule has 1 amide bonds. The predicted molar refractivity (Wildman–Crippen MR) is 152 cm³/mol. The zero-order valence-electron chi connectivity index (χ0n) is 22.1. The first-order valence-corrected chi connectivity index (χ1v) is 12.7. The van der Waals surface area contributed by atoms with Crippen molar-refractivity contribution in [2.24, 2.45) is 14.1 Å². The molecule has 0 radical (unpaired) electrons. The summed E-state index contributed by atoms with van der Waals surface area (Å²) in [5.41, 5.74) is 6.99. The van der Waals surface area contributed by atoms with Crippen LogP contribution in [0, 0.1) is 0 Å². The fourth-order valence-electron chi connectivity index (χ4n) is 4.81. The van der Waals surface area contributed by atoms with Gasteiger partial charge >= 0.3 is 5.69 Å². The summed E-state index contributed by atoms with van der Waals surface area (Å²) in [5, 5.41) is 7.97. The number of rotatable bonds is 5. The number of fused-ring (bicyclic) bond motifs is 3. The number of hydrogen-bond acceptors (Lipinski definition) is 5. The summed E-state index contributed by atoms with van der Waals surface area (Å²) in [6.07, 6.45) is 7.29. The number of hydrogen-bond donors (Lipinski definition) is 1. The van der Waals surface area contributed by atoms with E-state index >= 15 is 0 Å². The van der Waals surface area contributed by atoms with Gasteiger partial charge in [-0.1, -0.05) is 12.1 Å². The molecule has 0 unspecified atom stereocenters. The lowest BCUT2D eigenvalue weighted by molar-refractivity contribution is 0.0943. The van der Waals surface area contributed by atoms with E-state index in [2.05, 4.69) is 20.4 Å². The summed E-state index contributed by atoms with van der Waals surface area (Å²) < 4.78 is 5.02. The molecule has 0 aliphatic heterocycles. The zero-order valence-corrected chi connectivity index (χ0v) is 22.1. The molecule has 0 saturated carbocycles. The first-order chi connectivity index (χ1) is 18.8. The van der Waals surface area contributed by atoms with Crippen LogP contribution in [0.25, 0.3) is 50.0 Å². The molecule has 0 aliphatic carbocycles. The van der Waals surface area contributed by atoms with Crippen molar-refractivity contribution in [2.75, 3.05) is 0 Å². The highest BCUT2D eigenvalue weighted by molar-refractivity contribution is 6.04. The number of carbonyl (C=O) groups is 1. The number of nitrogens with one attached hydrogen (secondary N) is 1. The normalized spacial score (nSPS) is 11.5. The van der Waals surface area contributed by atoms with Crippen molar-refractivity contribution in [3.63, 3.8) is 0 Å². The number of pyridine rings is 2. The lowest BCUT2D eigenvalue weighted by Gasteiger charge is -2.10. The molecule has 0 atom stereocenters. The van der Waals surface area contributed by atoms with Crippen molar-refractivity contribution in [3.8, 4) is 28.1 Å². The van der Waals surface area contributed by atoms with Gasteiger partial charge < -0.3 is 5.32 Å². The number of carbonyl (C=O) groups excluding carboxylic acids is 1. The minimum absolute atomic E-state index is 0.0349. The molecule has 2 aromatic carbocycles. The Bertz CT molecular complexity index is 1910. The van der Waals surface area contributed by atoms with Gasteiger partial charge in [-0.3, -0.25) is 28.6 Å². The van der Waals surface area contributed by atoms with E-state index in [4.69, 9.17) is 0 Å². The van der Waals surface area contributed by atoms with E-state index in [0.29, 0.717) is 11.3 Å². The average Bonchev–Trinajstić information content (AvgIpc) is 3.49. The number of amides is 1. The Balaban J connectivity index is 1.47. The minimum Gasteiger partial charge on any atom is -0.350 e. The van der Waals surface area contributed by atoms with Gasteiger partial charge in [-0.2, -0.15) is 5.10 Å². The number of aryl methyl sites for hydroxylation is 2. The van der Waals surface area contributed by atoms with E-state index in [1.165, 1.54) is 0 Å². The molecule has 194 valence electrons. The van der Waals surface area contributed by atoms with E-state index in [-0.39, 0.29) is 17.6 Å². The molecule has 1 N–H and O–H groups in total. The Kier molecular flexibility index (Phi) is 5.83. The van der Waals surface area contributed by atoms with Gasteiger partial charge in [0.2, 0.25) is 0 Å². The van der Waals surface area contributed by atoms with Crippen molar-refractivity contribution < 1.29 is 4.79 Å². The highest BCUT2D eigenvalue weighted by Crippen LogP contribution is 2.30. The maximum atomic E-state index is 13.4. The maximum absolute atomic E-state index is 13.4. The van der Waals surface area contributed by atoms with Crippen LogP contribution in [-0.4, -0.2) is 40.8 Å². The lowest BCUT2D eigenvalue weighted by atomic mass is 10.0. The summed E-state index contributed by atoms with van der Waals surface area (Å²) in [6.45, 7) is 3.83. The van der Waals surface area contributed by atoms with Gasteiger partial charge in [-0.25, -0.2) is 4.79 Å². The third-order valence-electron chi connectivity index (χ3n) is 6.79. The van der Waals surface area contributed by atoms with E-state index in [9.17, 15) is 9.59 Å². The van der Waals surface area contributed by atoms with Crippen molar-refractivity contribution in [1.82, 2.24) is 34.2 Å². The van der Waals surface area contributed by atoms with Crippen LogP contribution in [0.5, 0.6) is 0 Å². The molecule has 9 heteroatoms. The number of aromatic nitrogens is 6. The topological polar surface area (TPSA) is 99.6 Å². The fraction of sp³-hybridized carbons (Fsp3) is 0.167. The first-order valence-electron chi connectivity index (χ1n) is 12.7. The molecule has 0 spiro atoms. The van der Waals surface area contributed by atoms with E-state index < -0.39 is 0 Å². The number of nitrogens with zero attached hydrogens (tertiary/aromatic N) is 6. The van der Waals surface area contributed by atoms with Crippen LogP contribution in [0.4, 0.5) is 0 Å². The summed E-state index contributed by atoms with van der Waals surface area (Å²) in [5.74, 6) is -0.149. The Morgan fingerprint density at radius 1 is 0.872 bits per heavy atom. The molecule has 4 aromatic heterocycles. The molecule has 0 bridgehead atoms. The van der Waals surface area contributed by atoms with Crippen molar-refractivity contribution in [3.05, 3.63) is 95.4 Å². The molecule has 9 nitrogen and oxygen atoms in total. The second-order valence-electron chi connectivity index (χ2n) is 9.91. The van der Waals surface area contributed by atoms with Crippen LogP contribution in [0.1, 0.15) is 24.2 Å². The van der Waals surface area contributed by atoms with E-state index in [0.717, 1.165) is 44.3 Å². The van der Waals surface area contributed by atoms with Gasteiger partial charge in [0.25, 0.3) is 5.91 Å². The van der Waals surface area contributed by atoms with Gasteiger partial charge in [0.1, 0.15) is 0 Å². The van der Waals surface area contributed by atoms with Crippen LogP contribution in [0.2, 0.25) is 0 Å². The summed E-state index contributed by atoms with van der Waals surface area (Å²) in [4.78, 5) is 35.1. The smallest absolute Gasteiger partial charge is 0.333 e. The second kappa shape index (κ2) is 9.36. The van der Waals surface area contributed by atoms with Crippen LogP contribution < -0.4 is 11.0 Å². The highest BCUT2D eigenvalue weighted by Gasteiger charge is 2.17. The first kappa shape index (κ1) is 24.3. The maximum Gasteiger partial charge on any atom is 0.333 e. The summed E-state index contributed by atoms with van der Waals surface area (Å²) in [7, 11) is 3.62. The molecule has 39 heavy (non-hydrogen) atoms. The van der Waals surface area contributed by atoms with Gasteiger partial charge in [-0.05, 0) is 61.9 Å². The van der Waals surface area contributed by atoms with Gasteiger partial charge in [-0.15, -0.1) is 0 Å². The fourth-order valence-corrected chi connectivity index (χ4v) is 4.81. The second-order valence-corrected chi connectivity index (χ2v) is 9.91. The van der Waals surface area contributed by atoms with Crippen molar-refractivity contribution in [2.45, 2.75) is 19.9 Å². The molecule has 4 heterocycles. The largest absolute Gasteiger partial charge is 0.350 e. The molecule has 0 aliphatic rings. The Morgan fingerprint density at radius 2 is 1.64 bits per heavy atom. The average molecular weight is 518 g/mol. The SMILES string of the molecule is CC(C)NC(=O)c1ccc(-n2c(=O)n(C)c3cnc4ccc(-c5ccc(-c6cnn(C)c6)nc5)cc4c32)cc1. The van der Waals surface area contributed by atoms with E-state index in [1.807, 2.05) is 63.6 Å². The van der Waals surface area contributed by atoms with Gasteiger partial charge in [0.15, 0.2) is 0 Å². The Labute approximate surface area is 224 Å². The van der Waals surface area contributed by atoms with Crippen molar-refractivity contribution in [1.29, 1.82) is 0 Å². The lowest BCUT2D eigenvalue weighted by Crippen LogP contribution is -2.30. The Morgan fingerprint density at radius 3 is 2.31 bits per heavy atom. The van der Waals surface area contributed by atoms with Crippen LogP contribution in [0.3, 0.4) is 0 Å². The van der Waals surface area contributed by atoms with Crippen molar-refractivity contribution >= 4 is 27.8 Å². The molecular weight excluding hydrogens is 490 g/mol. The molecule has 0 fully saturated rings. The highest BCUT2D eigenvalue weighted by atomic mass is 16.2. The van der Waals surface area contributed by atoms with E-state index in [1.54, 1.807) is 57.5 Å². The molecule has 6 aromatic rings. The summed E-state index contributed by atoms with van der Waals surface area (Å²) >= 11 is 0. The van der Waals surface area contributed by atoms with Gasteiger partial charge in [0.05, 0.1) is 40.3 Å². The number of benzene rings is 2. The molecule has 0 saturated heterocycles. The Hall–Kier alpha value is -5.05.